The summed E-state index contributed by atoms with van der Waals surface area (Å²) in [6, 6.07) is 11.3. The average Bonchev–Trinajstić information content (AvgIpc) is 3.13. The van der Waals surface area contributed by atoms with Gasteiger partial charge in [0.05, 0.1) is 22.4 Å². The maximum Gasteiger partial charge on any atom is 0.224 e. The molecule has 0 aliphatic rings. The van der Waals surface area contributed by atoms with E-state index in [4.69, 9.17) is 11.6 Å². The predicted molar refractivity (Wildman–Crippen MR) is 127 cm³/mol. The van der Waals surface area contributed by atoms with Crippen LogP contribution in [0, 0.1) is 11.6 Å². The number of fused-ring (bicyclic) bond motifs is 1. The molecule has 2 aromatic carbocycles. The van der Waals surface area contributed by atoms with Crippen molar-refractivity contribution in [3.63, 3.8) is 0 Å². The van der Waals surface area contributed by atoms with E-state index in [1.54, 1.807) is 51.1 Å². The molecule has 10 heteroatoms. The fraction of sp³-hybridized carbons (Fsp3) is 0.208. The number of oxime groups is 1. The van der Waals surface area contributed by atoms with E-state index in [1.807, 2.05) is 0 Å². The lowest BCUT2D eigenvalue weighted by molar-refractivity contribution is 0.0646. The van der Waals surface area contributed by atoms with Gasteiger partial charge >= 0.3 is 0 Å². The first kappa shape index (κ1) is 23.6. The highest BCUT2D eigenvalue weighted by Gasteiger charge is 2.26. The van der Waals surface area contributed by atoms with E-state index in [2.05, 4.69) is 20.4 Å². The van der Waals surface area contributed by atoms with Crippen molar-refractivity contribution >= 4 is 34.3 Å². The number of aromatic nitrogens is 3. The number of nitrogens with zero attached hydrogens (tertiary/aromatic N) is 4. The van der Waals surface area contributed by atoms with Crippen LogP contribution in [0.15, 0.2) is 59.9 Å². The Kier molecular flexibility index (Phi) is 6.24. The minimum atomic E-state index is -1.08. The molecule has 0 radical (unpaired) electrons. The van der Waals surface area contributed by atoms with Gasteiger partial charge in [-0.25, -0.2) is 13.8 Å². The highest BCUT2D eigenvalue weighted by atomic mass is 35.5. The number of para-hydroxylation sites is 1. The molecule has 4 aromatic rings. The van der Waals surface area contributed by atoms with E-state index in [9.17, 15) is 19.1 Å². The van der Waals surface area contributed by atoms with Crippen LogP contribution in [-0.4, -0.2) is 42.2 Å². The van der Waals surface area contributed by atoms with Gasteiger partial charge < -0.3 is 15.6 Å². The van der Waals surface area contributed by atoms with Gasteiger partial charge in [0.1, 0.15) is 23.0 Å². The summed E-state index contributed by atoms with van der Waals surface area (Å²) in [6.07, 6.45) is 1.47. The van der Waals surface area contributed by atoms with Crippen LogP contribution < -0.4 is 5.32 Å². The Balaban J connectivity index is 2.00. The second-order valence-electron chi connectivity index (χ2n) is 8.36. The molecule has 1 atom stereocenters. The summed E-state index contributed by atoms with van der Waals surface area (Å²) in [4.78, 5) is 8.73. The van der Waals surface area contributed by atoms with E-state index in [-0.39, 0.29) is 28.0 Å². The van der Waals surface area contributed by atoms with Crippen molar-refractivity contribution < 1.29 is 19.1 Å². The number of hydrogen-bond acceptors (Lipinski definition) is 6. The lowest BCUT2D eigenvalue weighted by atomic mass is 10.0. The van der Waals surface area contributed by atoms with Crippen LogP contribution in [0.1, 0.15) is 32.0 Å². The number of halogens is 3. The molecule has 7 nitrogen and oxygen atoms in total. The molecule has 0 aliphatic heterocycles. The zero-order valence-electron chi connectivity index (χ0n) is 18.6. The first-order valence-electron chi connectivity index (χ1n) is 10.4. The van der Waals surface area contributed by atoms with Gasteiger partial charge in [0, 0.05) is 17.1 Å². The highest BCUT2D eigenvalue weighted by molar-refractivity contribution is 6.35. The van der Waals surface area contributed by atoms with Gasteiger partial charge in [-0.3, -0.25) is 4.57 Å². The third kappa shape index (κ3) is 4.32. The van der Waals surface area contributed by atoms with Gasteiger partial charge in [0.2, 0.25) is 5.95 Å². The van der Waals surface area contributed by atoms with Crippen molar-refractivity contribution in [1.82, 2.24) is 14.5 Å². The molecule has 0 spiro atoms. The molecule has 176 valence electrons. The molecule has 0 aliphatic carbocycles. The molecule has 2 aromatic heterocycles. The number of aliphatic hydroxyl groups is 1. The van der Waals surface area contributed by atoms with Gasteiger partial charge in [-0.05, 0) is 45.0 Å². The SMILES string of the molecule is CC(Nc1ncc2cc(/C(=N/O)c3ccccc3Cl)n(-c3c(F)cccc3F)c2n1)C(C)(C)O. The third-order valence-electron chi connectivity index (χ3n) is 5.58. The molecule has 0 bridgehead atoms. The molecule has 4 rings (SSSR count). The van der Waals surface area contributed by atoms with Crippen molar-refractivity contribution in [3.05, 3.63) is 82.6 Å². The van der Waals surface area contributed by atoms with Crippen molar-refractivity contribution in [2.24, 2.45) is 5.16 Å². The van der Waals surface area contributed by atoms with Gasteiger partial charge in [-0.2, -0.15) is 4.98 Å². The number of anilines is 1. The zero-order chi connectivity index (χ0) is 24.6. The summed E-state index contributed by atoms with van der Waals surface area (Å²) in [5.74, 6) is -1.54. The third-order valence-corrected chi connectivity index (χ3v) is 5.91. The van der Waals surface area contributed by atoms with Crippen LogP contribution in [0.3, 0.4) is 0 Å². The Hall–Kier alpha value is -3.56. The number of hydrogen-bond donors (Lipinski definition) is 3. The van der Waals surface area contributed by atoms with Crippen LogP contribution in [0.25, 0.3) is 16.7 Å². The summed E-state index contributed by atoms with van der Waals surface area (Å²) >= 11 is 6.32. The molecule has 0 amide bonds. The van der Waals surface area contributed by atoms with Crippen molar-refractivity contribution in [2.75, 3.05) is 5.32 Å². The quantitative estimate of drug-likeness (QED) is 0.199. The molecule has 1 unspecified atom stereocenters. The molecular formula is C24H22ClF2N5O2. The zero-order valence-corrected chi connectivity index (χ0v) is 19.3. The maximum absolute atomic E-state index is 15.0. The van der Waals surface area contributed by atoms with Crippen LogP contribution in [0.5, 0.6) is 0 Å². The Morgan fingerprint density at radius 1 is 1.15 bits per heavy atom. The van der Waals surface area contributed by atoms with Crippen molar-refractivity contribution in [2.45, 2.75) is 32.4 Å². The minimum Gasteiger partial charge on any atom is -0.410 e. The molecule has 2 heterocycles. The van der Waals surface area contributed by atoms with E-state index in [0.29, 0.717) is 10.9 Å². The number of benzene rings is 2. The van der Waals surface area contributed by atoms with Crippen LogP contribution in [-0.2, 0) is 0 Å². The van der Waals surface area contributed by atoms with Crippen LogP contribution in [0.2, 0.25) is 5.02 Å². The van der Waals surface area contributed by atoms with Gasteiger partial charge in [-0.15, -0.1) is 0 Å². The fourth-order valence-corrected chi connectivity index (χ4v) is 3.65. The molecule has 0 saturated carbocycles. The lowest BCUT2D eigenvalue weighted by Crippen LogP contribution is -2.39. The normalized spacial score (nSPS) is 13.3. The molecule has 34 heavy (non-hydrogen) atoms. The van der Waals surface area contributed by atoms with E-state index < -0.39 is 29.0 Å². The van der Waals surface area contributed by atoms with Crippen LogP contribution in [0.4, 0.5) is 14.7 Å². The van der Waals surface area contributed by atoms with E-state index in [1.165, 1.54) is 16.8 Å². The lowest BCUT2D eigenvalue weighted by Gasteiger charge is -2.26. The maximum atomic E-state index is 15.0. The monoisotopic (exact) mass is 485 g/mol. The first-order valence-corrected chi connectivity index (χ1v) is 10.8. The Labute approximate surface area is 199 Å². The summed E-state index contributed by atoms with van der Waals surface area (Å²) in [5, 5.41) is 27.3. The smallest absolute Gasteiger partial charge is 0.224 e. The second-order valence-corrected chi connectivity index (χ2v) is 8.76. The number of rotatable bonds is 6. The topological polar surface area (TPSA) is 95.6 Å². The van der Waals surface area contributed by atoms with Crippen molar-refractivity contribution in [1.29, 1.82) is 0 Å². The summed E-state index contributed by atoms with van der Waals surface area (Å²) in [5.41, 5.74) is -0.825. The molecular weight excluding hydrogens is 464 g/mol. The average molecular weight is 486 g/mol. The molecule has 0 fully saturated rings. The fourth-order valence-electron chi connectivity index (χ4n) is 3.43. The summed E-state index contributed by atoms with van der Waals surface area (Å²) in [7, 11) is 0. The first-order chi connectivity index (χ1) is 16.1. The Morgan fingerprint density at radius 2 is 1.82 bits per heavy atom. The Morgan fingerprint density at radius 3 is 2.44 bits per heavy atom. The highest BCUT2D eigenvalue weighted by Crippen LogP contribution is 2.30. The minimum absolute atomic E-state index is 0.00868. The van der Waals surface area contributed by atoms with Gasteiger partial charge in [0.15, 0.2) is 5.65 Å². The van der Waals surface area contributed by atoms with Crippen LogP contribution >= 0.6 is 11.6 Å². The summed E-state index contributed by atoms with van der Waals surface area (Å²) in [6.45, 7) is 5.01. The largest absolute Gasteiger partial charge is 0.410 e. The van der Waals surface area contributed by atoms with E-state index >= 15 is 0 Å². The standard InChI is InChI=1S/C24H22ClF2N5O2/c1-13(24(2,3)33)29-23-28-12-14-11-19(20(31-34)15-7-4-5-8-16(15)25)32(22(14)30-23)21-17(26)9-6-10-18(21)27/h4-13,33-34H,1-3H3,(H,28,29,30)/b31-20+. The second kappa shape index (κ2) is 9.00. The summed E-state index contributed by atoms with van der Waals surface area (Å²) < 4.78 is 31.1. The molecule has 3 N–H and O–H groups in total. The van der Waals surface area contributed by atoms with Gasteiger partial charge in [-0.1, -0.05) is 41.0 Å². The predicted octanol–water partition coefficient (Wildman–Crippen LogP) is 5.15. The molecule has 0 saturated heterocycles. The van der Waals surface area contributed by atoms with E-state index in [0.717, 1.165) is 12.1 Å². The number of nitrogens with one attached hydrogen (secondary N) is 1. The van der Waals surface area contributed by atoms with Gasteiger partial charge in [0.25, 0.3) is 0 Å². The van der Waals surface area contributed by atoms with Crippen molar-refractivity contribution in [3.8, 4) is 5.69 Å². The Bertz CT molecular complexity index is 1380.